The van der Waals surface area contributed by atoms with Crippen molar-refractivity contribution in [3.05, 3.63) is 30.3 Å². The summed E-state index contributed by atoms with van der Waals surface area (Å²) < 4.78 is 0. The molecule has 0 spiro atoms. The number of carbonyl (C=O) groups is 2. The number of para-hydroxylation sites is 1. The largest absolute Gasteiger partial charge is 0.342 e. The maximum absolute atomic E-state index is 12.9. The Labute approximate surface area is 155 Å². The summed E-state index contributed by atoms with van der Waals surface area (Å²) in [7, 11) is 0. The molecular formula is C20H30N4O2. The first-order chi connectivity index (χ1) is 12.4. The van der Waals surface area contributed by atoms with Crippen molar-refractivity contribution in [3.63, 3.8) is 0 Å². The number of anilines is 1. The van der Waals surface area contributed by atoms with E-state index in [0.717, 1.165) is 38.0 Å². The molecule has 3 amide bonds. The summed E-state index contributed by atoms with van der Waals surface area (Å²) in [4.78, 5) is 29.0. The predicted octanol–water partition coefficient (Wildman–Crippen LogP) is 2.52. The van der Waals surface area contributed by atoms with Crippen molar-refractivity contribution in [1.29, 1.82) is 0 Å². The lowest BCUT2D eigenvalue weighted by Gasteiger charge is -2.44. The molecule has 3 rings (SSSR count). The zero-order valence-corrected chi connectivity index (χ0v) is 15.8. The summed E-state index contributed by atoms with van der Waals surface area (Å²) in [6.45, 7) is 6.97. The number of rotatable bonds is 2. The lowest BCUT2D eigenvalue weighted by atomic mass is 9.79. The van der Waals surface area contributed by atoms with Gasteiger partial charge in [0, 0.05) is 43.8 Å². The van der Waals surface area contributed by atoms with E-state index in [4.69, 9.17) is 5.73 Å². The Kier molecular flexibility index (Phi) is 5.51. The van der Waals surface area contributed by atoms with Gasteiger partial charge >= 0.3 is 6.03 Å². The molecule has 2 aliphatic rings. The molecule has 6 nitrogen and oxygen atoms in total. The summed E-state index contributed by atoms with van der Waals surface area (Å²) >= 11 is 0. The molecule has 1 aromatic carbocycles. The number of nitrogens with two attached hydrogens (primary N) is 1. The van der Waals surface area contributed by atoms with Gasteiger partial charge in [-0.1, -0.05) is 32.0 Å². The van der Waals surface area contributed by atoms with Gasteiger partial charge in [0.2, 0.25) is 5.91 Å². The molecule has 2 heterocycles. The topological polar surface area (TPSA) is 78.7 Å². The van der Waals surface area contributed by atoms with Crippen LogP contribution in [0.15, 0.2) is 30.3 Å². The van der Waals surface area contributed by atoms with Crippen LogP contribution >= 0.6 is 0 Å². The van der Waals surface area contributed by atoms with Gasteiger partial charge in [0.05, 0.1) is 0 Å². The average Bonchev–Trinajstić information content (AvgIpc) is 2.64. The normalized spacial score (nSPS) is 23.6. The highest BCUT2D eigenvalue weighted by molar-refractivity contribution is 5.89. The Bertz CT molecular complexity index is 638. The standard InChI is InChI=1S/C20H30N4O2/c1-20(2)14-24(13-10-17(20)21)18(25)15-8-11-23(12-9-15)19(26)22-16-6-4-3-5-7-16/h3-7,15,17H,8-14,21H2,1-2H3,(H,22,26). The molecule has 26 heavy (non-hydrogen) atoms. The highest BCUT2D eigenvalue weighted by Crippen LogP contribution is 2.30. The van der Waals surface area contributed by atoms with Gasteiger partial charge in [0.15, 0.2) is 0 Å². The van der Waals surface area contributed by atoms with Crippen LogP contribution in [0.25, 0.3) is 0 Å². The van der Waals surface area contributed by atoms with E-state index in [1.807, 2.05) is 35.2 Å². The average molecular weight is 358 g/mol. The van der Waals surface area contributed by atoms with Crippen molar-refractivity contribution in [3.8, 4) is 0 Å². The van der Waals surface area contributed by atoms with Crippen LogP contribution in [0.1, 0.15) is 33.1 Å². The third kappa shape index (κ3) is 4.18. The predicted molar refractivity (Wildman–Crippen MR) is 103 cm³/mol. The van der Waals surface area contributed by atoms with E-state index in [9.17, 15) is 9.59 Å². The van der Waals surface area contributed by atoms with E-state index in [-0.39, 0.29) is 29.3 Å². The van der Waals surface area contributed by atoms with Crippen LogP contribution in [0, 0.1) is 11.3 Å². The minimum Gasteiger partial charge on any atom is -0.342 e. The number of amides is 3. The second kappa shape index (κ2) is 7.66. The zero-order valence-electron chi connectivity index (χ0n) is 15.8. The molecule has 142 valence electrons. The van der Waals surface area contributed by atoms with Crippen LogP contribution < -0.4 is 11.1 Å². The van der Waals surface area contributed by atoms with E-state index in [2.05, 4.69) is 19.2 Å². The summed E-state index contributed by atoms with van der Waals surface area (Å²) in [5.41, 5.74) is 6.94. The van der Waals surface area contributed by atoms with Gasteiger partial charge in [-0.2, -0.15) is 0 Å². The van der Waals surface area contributed by atoms with E-state index in [1.165, 1.54) is 0 Å². The summed E-state index contributed by atoms with van der Waals surface area (Å²) in [6.07, 6.45) is 2.31. The minimum absolute atomic E-state index is 0.0147. The molecule has 2 fully saturated rings. The lowest BCUT2D eigenvalue weighted by Crippen LogP contribution is -2.55. The summed E-state index contributed by atoms with van der Waals surface area (Å²) in [5.74, 6) is 0.244. The number of nitrogens with zero attached hydrogens (tertiary/aromatic N) is 2. The second-order valence-corrected chi connectivity index (χ2v) is 8.20. The zero-order chi connectivity index (χ0) is 18.7. The highest BCUT2D eigenvalue weighted by Gasteiger charge is 2.38. The quantitative estimate of drug-likeness (QED) is 0.853. The molecule has 1 aromatic rings. The Morgan fingerprint density at radius 1 is 1.04 bits per heavy atom. The first-order valence-electron chi connectivity index (χ1n) is 9.52. The molecule has 1 unspecified atom stereocenters. The first-order valence-corrected chi connectivity index (χ1v) is 9.52. The van der Waals surface area contributed by atoms with Gasteiger partial charge in [-0.15, -0.1) is 0 Å². The van der Waals surface area contributed by atoms with E-state index < -0.39 is 0 Å². The van der Waals surface area contributed by atoms with Crippen molar-refractivity contribution in [2.75, 3.05) is 31.5 Å². The molecule has 2 aliphatic heterocycles. The Morgan fingerprint density at radius 3 is 2.27 bits per heavy atom. The lowest BCUT2D eigenvalue weighted by molar-refractivity contribution is -0.140. The second-order valence-electron chi connectivity index (χ2n) is 8.20. The fourth-order valence-electron chi connectivity index (χ4n) is 3.87. The smallest absolute Gasteiger partial charge is 0.321 e. The number of benzene rings is 1. The van der Waals surface area contributed by atoms with Crippen LogP contribution in [0.3, 0.4) is 0 Å². The third-order valence-corrected chi connectivity index (χ3v) is 5.78. The third-order valence-electron chi connectivity index (χ3n) is 5.78. The number of nitrogens with one attached hydrogen (secondary N) is 1. The molecule has 1 atom stereocenters. The number of carbonyl (C=O) groups excluding carboxylic acids is 2. The number of urea groups is 1. The van der Waals surface area contributed by atoms with Crippen LogP contribution in [0.2, 0.25) is 0 Å². The fourth-order valence-corrected chi connectivity index (χ4v) is 3.87. The number of hydrogen-bond donors (Lipinski definition) is 2. The molecule has 2 saturated heterocycles. The van der Waals surface area contributed by atoms with E-state index in [1.54, 1.807) is 4.90 Å². The monoisotopic (exact) mass is 358 g/mol. The Hall–Kier alpha value is -2.08. The highest BCUT2D eigenvalue weighted by atomic mass is 16.2. The fraction of sp³-hybridized carbons (Fsp3) is 0.600. The van der Waals surface area contributed by atoms with E-state index >= 15 is 0 Å². The van der Waals surface area contributed by atoms with Crippen LogP contribution in [-0.4, -0.2) is 54.0 Å². The first kappa shape index (κ1) is 18.7. The molecule has 6 heteroatoms. The van der Waals surface area contributed by atoms with Crippen molar-refractivity contribution in [2.24, 2.45) is 17.1 Å². The van der Waals surface area contributed by atoms with Gasteiger partial charge in [0.25, 0.3) is 0 Å². The summed E-state index contributed by atoms with van der Waals surface area (Å²) in [5, 5.41) is 2.91. The molecule has 0 aliphatic carbocycles. The van der Waals surface area contributed by atoms with Gasteiger partial charge in [-0.25, -0.2) is 4.79 Å². The number of hydrogen-bond acceptors (Lipinski definition) is 3. The molecule has 0 bridgehead atoms. The van der Waals surface area contributed by atoms with Gasteiger partial charge in [0.1, 0.15) is 0 Å². The maximum Gasteiger partial charge on any atom is 0.321 e. The van der Waals surface area contributed by atoms with Gasteiger partial charge < -0.3 is 20.9 Å². The molecule has 3 N–H and O–H groups in total. The van der Waals surface area contributed by atoms with Crippen molar-refractivity contribution < 1.29 is 9.59 Å². The van der Waals surface area contributed by atoms with E-state index in [0.29, 0.717) is 13.1 Å². The maximum atomic E-state index is 12.9. The molecule has 0 radical (unpaired) electrons. The van der Waals surface area contributed by atoms with Crippen LogP contribution in [0.5, 0.6) is 0 Å². The number of likely N-dealkylation sites (tertiary alicyclic amines) is 2. The Balaban J connectivity index is 1.50. The Morgan fingerprint density at radius 2 is 1.65 bits per heavy atom. The minimum atomic E-state index is -0.0906. The van der Waals surface area contributed by atoms with Crippen LogP contribution in [-0.2, 0) is 4.79 Å². The van der Waals surface area contributed by atoms with Crippen molar-refractivity contribution in [1.82, 2.24) is 9.80 Å². The molecule has 0 saturated carbocycles. The number of piperidine rings is 2. The van der Waals surface area contributed by atoms with Crippen LogP contribution in [0.4, 0.5) is 10.5 Å². The van der Waals surface area contributed by atoms with Crippen molar-refractivity contribution in [2.45, 2.75) is 39.2 Å². The summed E-state index contributed by atoms with van der Waals surface area (Å²) in [6, 6.07) is 9.51. The molecular weight excluding hydrogens is 328 g/mol. The van der Waals surface area contributed by atoms with Crippen molar-refractivity contribution >= 4 is 17.6 Å². The molecule has 0 aromatic heterocycles. The van der Waals surface area contributed by atoms with Gasteiger partial charge in [-0.3, -0.25) is 4.79 Å². The van der Waals surface area contributed by atoms with Gasteiger partial charge in [-0.05, 0) is 36.8 Å². The SMILES string of the molecule is CC1(C)CN(C(=O)C2CCN(C(=O)Nc3ccccc3)CC2)CCC1N.